The van der Waals surface area contributed by atoms with Crippen LogP contribution in [-0.2, 0) is 0 Å². The largest absolute Gasteiger partial charge is 0.456 e. The Labute approximate surface area is 380 Å². The molecule has 5 nitrogen and oxygen atoms in total. The lowest BCUT2D eigenvalue weighted by molar-refractivity contribution is 0.662. The molecule has 3 heterocycles. The van der Waals surface area contributed by atoms with Gasteiger partial charge in [-0.3, -0.25) is 0 Å². The van der Waals surface area contributed by atoms with Gasteiger partial charge in [0.25, 0.3) is 0 Å². The Hall–Kier alpha value is -8.80. The highest BCUT2D eigenvalue weighted by molar-refractivity contribution is 6.17. The molecule has 0 saturated heterocycles. The minimum absolute atomic E-state index is 0.386. The summed E-state index contributed by atoms with van der Waals surface area (Å²) < 4.78 is 12.8. The van der Waals surface area contributed by atoms with E-state index in [-0.39, 0.29) is 6.17 Å². The smallest absolute Gasteiger partial charge is 0.159 e. The number of amidine groups is 2. The first-order valence-electron chi connectivity index (χ1n) is 22.3. The molecule has 310 valence electrons. The summed E-state index contributed by atoms with van der Waals surface area (Å²) in [7, 11) is 0. The highest BCUT2D eigenvalue weighted by Gasteiger charge is 2.25. The van der Waals surface area contributed by atoms with Crippen LogP contribution in [0.25, 0.3) is 99.2 Å². The molecular weight excluding hydrogens is 807 g/mol. The monoisotopic (exact) mass is 845 g/mol. The van der Waals surface area contributed by atoms with E-state index >= 15 is 0 Å². The second-order valence-corrected chi connectivity index (χ2v) is 16.9. The molecule has 0 spiro atoms. The number of benzene rings is 10. The number of furan rings is 2. The molecule has 66 heavy (non-hydrogen) atoms. The summed E-state index contributed by atoms with van der Waals surface area (Å²) in [5, 5.41) is 10.4. The first-order valence-corrected chi connectivity index (χ1v) is 22.3. The van der Waals surface area contributed by atoms with Crippen LogP contribution in [0.5, 0.6) is 0 Å². The predicted octanol–water partition coefficient (Wildman–Crippen LogP) is 15.8. The topological polar surface area (TPSA) is 63.0 Å². The number of fused-ring (bicyclic) bond motifs is 7. The lowest BCUT2D eigenvalue weighted by Gasteiger charge is -2.24. The van der Waals surface area contributed by atoms with Crippen molar-refractivity contribution in [2.75, 3.05) is 0 Å². The second-order valence-electron chi connectivity index (χ2n) is 16.9. The molecule has 12 aromatic rings. The van der Waals surface area contributed by atoms with E-state index in [1.807, 2.05) is 42.5 Å². The van der Waals surface area contributed by atoms with Crippen LogP contribution in [-0.4, -0.2) is 11.7 Å². The fourth-order valence-corrected chi connectivity index (χ4v) is 9.82. The average molecular weight is 846 g/mol. The molecule has 0 radical (unpaired) electrons. The van der Waals surface area contributed by atoms with Gasteiger partial charge in [0.15, 0.2) is 5.84 Å². The van der Waals surface area contributed by atoms with Gasteiger partial charge in [-0.05, 0) is 85.6 Å². The molecule has 1 unspecified atom stereocenters. The Morgan fingerprint density at radius 1 is 0.333 bits per heavy atom. The van der Waals surface area contributed by atoms with Crippen LogP contribution < -0.4 is 5.32 Å². The van der Waals surface area contributed by atoms with Gasteiger partial charge in [-0.2, -0.15) is 0 Å². The highest BCUT2D eigenvalue weighted by atomic mass is 16.3. The molecule has 13 rings (SSSR count). The summed E-state index contributed by atoms with van der Waals surface area (Å²) >= 11 is 0. The Bertz CT molecular complexity index is 3880. The molecular formula is C61H39N3O2. The van der Waals surface area contributed by atoms with Crippen molar-refractivity contribution in [3.63, 3.8) is 0 Å². The van der Waals surface area contributed by atoms with Crippen LogP contribution in [0.3, 0.4) is 0 Å². The number of hydrogen-bond acceptors (Lipinski definition) is 5. The minimum atomic E-state index is -0.386. The fraction of sp³-hybridized carbons (Fsp3) is 0.0164. The van der Waals surface area contributed by atoms with Gasteiger partial charge in [-0.1, -0.05) is 194 Å². The molecule has 1 N–H and O–H groups in total. The van der Waals surface area contributed by atoms with Crippen LogP contribution in [0.15, 0.2) is 243 Å². The third-order valence-electron chi connectivity index (χ3n) is 13.0. The Morgan fingerprint density at radius 3 is 1.62 bits per heavy atom. The van der Waals surface area contributed by atoms with Crippen molar-refractivity contribution < 1.29 is 8.83 Å². The molecule has 1 atom stereocenters. The van der Waals surface area contributed by atoms with Gasteiger partial charge in [0.1, 0.15) is 34.3 Å². The third-order valence-corrected chi connectivity index (χ3v) is 13.0. The predicted molar refractivity (Wildman–Crippen MR) is 272 cm³/mol. The lowest BCUT2D eigenvalue weighted by atomic mass is 9.90. The molecule has 5 heteroatoms. The van der Waals surface area contributed by atoms with E-state index in [2.05, 4.69) is 187 Å². The van der Waals surface area contributed by atoms with E-state index in [0.717, 1.165) is 94.2 Å². The van der Waals surface area contributed by atoms with Crippen LogP contribution in [0.2, 0.25) is 0 Å². The first kappa shape index (κ1) is 37.7. The Balaban J connectivity index is 0.862. The van der Waals surface area contributed by atoms with Crippen LogP contribution in [0.1, 0.15) is 22.9 Å². The molecule has 0 amide bonds. The number of nitrogens with zero attached hydrogens (tertiary/aromatic N) is 2. The van der Waals surface area contributed by atoms with Crippen LogP contribution in [0.4, 0.5) is 0 Å². The quantitative estimate of drug-likeness (QED) is 0.174. The van der Waals surface area contributed by atoms with Crippen molar-refractivity contribution in [2.24, 2.45) is 9.98 Å². The number of para-hydroxylation sites is 1. The van der Waals surface area contributed by atoms with E-state index in [9.17, 15) is 0 Å². The summed E-state index contributed by atoms with van der Waals surface area (Å²) in [6.45, 7) is 0. The molecule has 0 fully saturated rings. The zero-order valence-corrected chi connectivity index (χ0v) is 35.7. The van der Waals surface area contributed by atoms with Crippen molar-refractivity contribution in [3.05, 3.63) is 241 Å². The molecule has 0 aliphatic carbocycles. The third kappa shape index (κ3) is 6.40. The number of rotatable bonds is 7. The van der Waals surface area contributed by atoms with E-state index in [1.165, 1.54) is 27.5 Å². The summed E-state index contributed by atoms with van der Waals surface area (Å²) in [6, 6.07) is 78.8. The maximum absolute atomic E-state index is 6.52. The van der Waals surface area contributed by atoms with Gasteiger partial charge >= 0.3 is 0 Å². The van der Waals surface area contributed by atoms with Crippen molar-refractivity contribution in [3.8, 4) is 44.5 Å². The number of aliphatic imine (C=N–C) groups is 2. The molecule has 0 bridgehead atoms. The van der Waals surface area contributed by atoms with Crippen molar-refractivity contribution in [1.29, 1.82) is 0 Å². The normalized spacial score (nSPS) is 13.9. The van der Waals surface area contributed by atoms with E-state index in [1.54, 1.807) is 0 Å². The van der Waals surface area contributed by atoms with E-state index in [0.29, 0.717) is 5.84 Å². The Morgan fingerprint density at radius 2 is 0.848 bits per heavy atom. The van der Waals surface area contributed by atoms with Crippen LogP contribution in [0, 0.1) is 0 Å². The lowest BCUT2D eigenvalue weighted by Crippen LogP contribution is -2.33. The Kier molecular flexibility index (Phi) is 8.84. The molecule has 1 aliphatic rings. The molecule has 2 aromatic heterocycles. The summed E-state index contributed by atoms with van der Waals surface area (Å²) in [5.74, 6) is 1.44. The average Bonchev–Trinajstić information content (AvgIpc) is 3.97. The molecule has 0 saturated carbocycles. The second kappa shape index (κ2) is 15.5. The van der Waals surface area contributed by atoms with E-state index in [4.69, 9.17) is 18.8 Å². The van der Waals surface area contributed by atoms with Gasteiger partial charge in [0.05, 0.1) is 0 Å². The SMILES string of the molecule is c1ccc(C2=NC(c3cccc4oc5ccccc5c34)NC(c3ccc(-c4cccc5c(-c6cccc7oc8ccc(-c9ccc(-c%10ccccc%10)cc9)cc8c67)cccc45)cc3)=N2)cc1. The van der Waals surface area contributed by atoms with Crippen molar-refractivity contribution in [1.82, 2.24) is 5.32 Å². The summed E-state index contributed by atoms with van der Waals surface area (Å²) in [6.07, 6.45) is -0.386. The number of nitrogens with one attached hydrogen (secondary N) is 1. The summed E-state index contributed by atoms with van der Waals surface area (Å²) in [4.78, 5) is 10.3. The molecule has 1 aliphatic heterocycles. The van der Waals surface area contributed by atoms with Gasteiger partial charge in [0, 0.05) is 38.2 Å². The van der Waals surface area contributed by atoms with Crippen molar-refractivity contribution in [2.45, 2.75) is 6.17 Å². The maximum Gasteiger partial charge on any atom is 0.159 e. The minimum Gasteiger partial charge on any atom is -0.456 e. The first-order chi connectivity index (χ1) is 32.7. The van der Waals surface area contributed by atoms with Gasteiger partial charge in [-0.15, -0.1) is 0 Å². The van der Waals surface area contributed by atoms with Gasteiger partial charge in [0.2, 0.25) is 0 Å². The highest BCUT2D eigenvalue weighted by Crippen LogP contribution is 2.43. The molecule has 10 aromatic carbocycles. The standard InChI is InChI=1S/C61H39N3O2/c1-3-13-38(14-4-1)39-27-29-40(30-28-39)44-35-36-54-52(37-44)57-49(22-11-25-55(57)66-54)48-21-10-19-46-45(18-9-20-47(46)48)41-31-33-43(34-32-41)60-62-59(42-15-5-2-6-16-42)63-61(64-60)51-23-12-26-56-58(51)50-17-7-8-24-53(50)65-56/h1-37,61H,(H,62,63,64). The van der Waals surface area contributed by atoms with Crippen molar-refractivity contribution >= 4 is 66.3 Å². The zero-order chi connectivity index (χ0) is 43.6. The fourth-order valence-electron chi connectivity index (χ4n) is 9.82. The summed E-state index contributed by atoms with van der Waals surface area (Å²) in [5.41, 5.74) is 15.7. The zero-order valence-electron chi connectivity index (χ0n) is 35.7. The van der Waals surface area contributed by atoms with Gasteiger partial charge in [-0.25, -0.2) is 9.98 Å². The maximum atomic E-state index is 6.52. The van der Waals surface area contributed by atoms with Gasteiger partial charge < -0.3 is 14.2 Å². The van der Waals surface area contributed by atoms with Crippen LogP contribution >= 0.6 is 0 Å². The number of hydrogen-bond donors (Lipinski definition) is 1. The van der Waals surface area contributed by atoms with E-state index < -0.39 is 0 Å².